The number of hydrogen-bond donors (Lipinski definition) is 2. The molecule has 1 unspecified atom stereocenters. The van der Waals surface area contributed by atoms with Crippen molar-refractivity contribution in [2.75, 3.05) is 0 Å². The Hall–Kier alpha value is -2.18. The molecule has 0 radical (unpaired) electrons. The Morgan fingerprint density at radius 2 is 1.88 bits per heavy atom. The van der Waals surface area contributed by atoms with E-state index < -0.39 is 24.5 Å². The average molecular weight is 343 g/mol. The SMILES string of the molecule is CC(C)(C)CCC(NC(=O)Cc1ccccc1OC(F)F)C(=O)O. The van der Waals surface area contributed by atoms with E-state index in [0.29, 0.717) is 12.8 Å². The van der Waals surface area contributed by atoms with Crippen LogP contribution in [0.4, 0.5) is 8.78 Å². The molecule has 0 saturated carbocycles. The van der Waals surface area contributed by atoms with Gasteiger partial charge in [-0.25, -0.2) is 4.79 Å². The Labute approximate surface area is 140 Å². The van der Waals surface area contributed by atoms with Crippen LogP contribution in [-0.4, -0.2) is 29.6 Å². The van der Waals surface area contributed by atoms with Gasteiger partial charge in [0, 0.05) is 5.56 Å². The smallest absolute Gasteiger partial charge is 0.387 e. The number of alkyl halides is 2. The number of hydrogen-bond acceptors (Lipinski definition) is 3. The summed E-state index contributed by atoms with van der Waals surface area (Å²) in [6.45, 7) is 2.94. The van der Waals surface area contributed by atoms with Crippen molar-refractivity contribution in [3.05, 3.63) is 29.8 Å². The third-order valence-electron chi connectivity index (χ3n) is 3.36. The van der Waals surface area contributed by atoms with Gasteiger partial charge in [0.1, 0.15) is 11.8 Å². The van der Waals surface area contributed by atoms with Crippen molar-refractivity contribution in [2.24, 2.45) is 5.41 Å². The van der Waals surface area contributed by atoms with E-state index in [-0.39, 0.29) is 23.1 Å². The zero-order valence-corrected chi connectivity index (χ0v) is 14.0. The highest BCUT2D eigenvalue weighted by Crippen LogP contribution is 2.23. The molecule has 0 saturated heterocycles. The van der Waals surface area contributed by atoms with Gasteiger partial charge in [0.25, 0.3) is 0 Å². The second-order valence-electron chi connectivity index (χ2n) is 6.72. The van der Waals surface area contributed by atoms with E-state index in [4.69, 9.17) is 0 Å². The van der Waals surface area contributed by atoms with Crippen LogP contribution in [0.3, 0.4) is 0 Å². The van der Waals surface area contributed by atoms with Crippen LogP contribution in [0.5, 0.6) is 5.75 Å². The minimum atomic E-state index is -2.99. The minimum absolute atomic E-state index is 0.0594. The van der Waals surface area contributed by atoms with Gasteiger partial charge in [-0.3, -0.25) is 4.79 Å². The van der Waals surface area contributed by atoms with Crippen molar-refractivity contribution in [3.8, 4) is 5.75 Å². The lowest BCUT2D eigenvalue weighted by atomic mass is 9.88. The summed E-state index contributed by atoms with van der Waals surface area (Å²) < 4.78 is 29.1. The molecule has 0 fully saturated rings. The fraction of sp³-hybridized carbons (Fsp3) is 0.529. The largest absolute Gasteiger partial charge is 0.480 e. The number of rotatable bonds is 8. The molecule has 7 heteroatoms. The van der Waals surface area contributed by atoms with Gasteiger partial charge in [-0.15, -0.1) is 0 Å². The summed E-state index contributed by atoms with van der Waals surface area (Å²) >= 11 is 0. The fourth-order valence-corrected chi connectivity index (χ4v) is 2.11. The molecule has 1 atom stereocenters. The number of carboxylic acids is 1. The first-order valence-electron chi connectivity index (χ1n) is 7.63. The van der Waals surface area contributed by atoms with E-state index >= 15 is 0 Å². The molecule has 0 heterocycles. The fourth-order valence-electron chi connectivity index (χ4n) is 2.11. The molecule has 1 rings (SSSR count). The third kappa shape index (κ3) is 7.39. The molecular formula is C17H23F2NO4. The number of benzene rings is 1. The maximum Gasteiger partial charge on any atom is 0.387 e. The number of amides is 1. The monoisotopic (exact) mass is 343 g/mol. The highest BCUT2D eigenvalue weighted by molar-refractivity contribution is 5.85. The second-order valence-corrected chi connectivity index (χ2v) is 6.72. The van der Waals surface area contributed by atoms with Crippen LogP contribution >= 0.6 is 0 Å². The molecular weight excluding hydrogens is 320 g/mol. The van der Waals surface area contributed by atoms with Crippen molar-refractivity contribution in [2.45, 2.75) is 52.7 Å². The van der Waals surface area contributed by atoms with Crippen molar-refractivity contribution in [1.29, 1.82) is 0 Å². The Morgan fingerprint density at radius 3 is 2.42 bits per heavy atom. The molecule has 0 aromatic heterocycles. The van der Waals surface area contributed by atoms with Crippen LogP contribution < -0.4 is 10.1 Å². The van der Waals surface area contributed by atoms with Crippen molar-refractivity contribution in [3.63, 3.8) is 0 Å². The zero-order chi connectivity index (χ0) is 18.3. The number of carboxylic acid groups (broad SMARTS) is 1. The minimum Gasteiger partial charge on any atom is -0.480 e. The summed E-state index contributed by atoms with van der Waals surface area (Å²) in [5, 5.41) is 11.7. The Balaban J connectivity index is 2.71. The molecule has 0 aliphatic rings. The van der Waals surface area contributed by atoms with Crippen LogP contribution in [0, 0.1) is 5.41 Å². The van der Waals surface area contributed by atoms with Crippen LogP contribution in [-0.2, 0) is 16.0 Å². The molecule has 1 aromatic carbocycles. The highest BCUT2D eigenvalue weighted by atomic mass is 19.3. The van der Waals surface area contributed by atoms with Crippen LogP contribution in [0.25, 0.3) is 0 Å². The van der Waals surface area contributed by atoms with Gasteiger partial charge in [-0.05, 0) is 24.3 Å². The summed E-state index contributed by atoms with van der Waals surface area (Å²) in [5.41, 5.74) is 0.214. The summed E-state index contributed by atoms with van der Waals surface area (Å²) in [6.07, 6.45) is 0.678. The van der Waals surface area contributed by atoms with E-state index in [2.05, 4.69) is 10.1 Å². The number of para-hydroxylation sites is 1. The molecule has 2 N–H and O–H groups in total. The lowest BCUT2D eigenvalue weighted by Crippen LogP contribution is -2.42. The van der Waals surface area contributed by atoms with E-state index in [9.17, 15) is 23.5 Å². The highest BCUT2D eigenvalue weighted by Gasteiger charge is 2.23. The molecule has 1 aromatic rings. The van der Waals surface area contributed by atoms with Gasteiger partial charge in [-0.2, -0.15) is 8.78 Å². The van der Waals surface area contributed by atoms with Crippen molar-refractivity contribution < 1.29 is 28.2 Å². The molecule has 5 nitrogen and oxygen atoms in total. The van der Waals surface area contributed by atoms with Gasteiger partial charge in [-0.1, -0.05) is 39.0 Å². The Bertz CT molecular complexity index is 570. The summed E-state index contributed by atoms with van der Waals surface area (Å²) in [4.78, 5) is 23.4. The molecule has 1 amide bonds. The number of halogens is 2. The lowest BCUT2D eigenvalue weighted by Gasteiger charge is -2.21. The first-order chi connectivity index (χ1) is 11.1. The van der Waals surface area contributed by atoms with Crippen molar-refractivity contribution in [1.82, 2.24) is 5.32 Å². The maximum atomic E-state index is 12.4. The summed E-state index contributed by atoms with van der Waals surface area (Å²) in [6, 6.07) is 4.92. The predicted octanol–water partition coefficient (Wildman–Crippen LogP) is 3.23. The number of carbonyl (C=O) groups excluding carboxylic acids is 1. The standard InChI is InChI=1S/C17H23F2NO4/c1-17(2,3)9-8-12(15(22)23)20-14(21)10-11-6-4-5-7-13(11)24-16(18)19/h4-7,12,16H,8-10H2,1-3H3,(H,20,21)(H,22,23). The lowest BCUT2D eigenvalue weighted by molar-refractivity contribution is -0.142. The molecule has 0 spiro atoms. The Kier molecular flexibility index (Phi) is 7.13. The van der Waals surface area contributed by atoms with Crippen LogP contribution in [0.2, 0.25) is 0 Å². The number of carbonyl (C=O) groups is 2. The topological polar surface area (TPSA) is 75.6 Å². The van der Waals surface area contributed by atoms with E-state index in [0.717, 1.165) is 0 Å². The van der Waals surface area contributed by atoms with E-state index in [1.807, 2.05) is 20.8 Å². The number of nitrogens with one attached hydrogen (secondary N) is 1. The first-order valence-corrected chi connectivity index (χ1v) is 7.63. The van der Waals surface area contributed by atoms with Crippen molar-refractivity contribution >= 4 is 11.9 Å². The van der Waals surface area contributed by atoms with Crippen LogP contribution in [0.1, 0.15) is 39.2 Å². The van der Waals surface area contributed by atoms with Gasteiger partial charge < -0.3 is 15.2 Å². The van der Waals surface area contributed by atoms with E-state index in [1.54, 1.807) is 6.07 Å². The molecule has 0 aliphatic heterocycles. The molecule has 0 aliphatic carbocycles. The Morgan fingerprint density at radius 1 is 1.25 bits per heavy atom. The first kappa shape index (κ1) is 19.9. The van der Waals surface area contributed by atoms with Gasteiger partial charge in [0.15, 0.2) is 0 Å². The molecule has 0 bridgehead atoms. The van der Waals surface area contributed by atoms with Gasteiger partial charge in [0.2, 0.25) is 5.91 Å². The van der Waals surface area contributed by atoms with Gasteiger partial charge >= 0.3 is 12.6 Å². The molecule has 134 valence electrons. The normalized spacial score (nSPS) is 12.8. The summed E-state index contributed by atoms with van der Waals surface area (Å²) in [7, 11) is 0. The number of aliphatic carboxylic acids is 1. The third-order valence-corrected chi connectivity index (χ3v) is 3.36. The predicted molar refractivity (Wildman–Crippen MR) is 85.0 cm³/mol. The zero-order valence-electron chi connectivity index (χ0n) is 14.0. The number of ether oxygens (including phenoxy) is 1. The average Bonchev–Trinajstić information content (AvgIpc) is 2.43. The summed E-state index contributed by atoms with van der Waals surface area (Å²) in [5.74, 6) is -1.77. The van der Waals surface area contributed by atoms with Gasteiger partial charge in [0.05, 0.1) is 6.42 Å². The van der Waals surface area contributed by atoms with E-state index in [1.165, 1.54) is 18.2 Å². The maximum absolute atomic E-state index is 12.4. The molecule has 24 heavy (non-hydrogen) atoms. The van der Waals surface area contributed by atoms with Crippen LogP contribution in [0.15, 0.2) is 24.3 Å². The second kappa shape index (κ2) is 8.61. The quantitative estimate of drug-likeness (QED) is 0.760.